The van der Waals surface area contributed by atoms with Crippen molar-refractivity contribution in [3.63, 3.8) is 0 Å². The van der Waals surface area contributed by atoms with Crippen molar-refractivity contribution in [2.24, 2.45) is 9.98 Å². The maximum atomic E-state index is 11.3. The highest BCUT2D eigenvalue weighted by molar-refractivity contribution is 5.86. The van der Waals surface area contributed by atoms with Crippen LogP contribution in [0.2, 0.25) is 0 Å². The number of phenolic OH excluding ortho intramolecular Hbond substituents is 2. The van der Waals surface area contributed by atoms with Crippen molar-refractivity contribution in [2.75, 3.05) is 39.6 Å². The van der Waals surface area contributed by atoms with E-state index in [1.165, 1.54) is 0 Å². The van der Waals surface area contributed by atoms with Crippen LogP contribution in [-0.4, -0.2) is 74.4 Å². The molecule has 2 aliphatic rings. The lowest BCUT2D eigenvalue weighted by Crippen LogP contribution is -2.27. The standard InChI is InChI=1S/C36H52N2O6/c1-35(2,3)29-19-25-17-27(33(29)39)21-37-31-9-7-8-10-32(31)38-22-28-18-26(20-30(34(28)40)36(4,5)6)24-44-16-14-42-12-11-41-13-15-43-23-25/h17-22,31-32,39-40H,7-16,23-24H2,1-6H3/t31-,32-/m1/s1. The lowest BCUT2D eigenvalue weighted by Gasteiger charge is -2.26. The summed E-state index contributed by atoms with van der Waals surface area (Å²) < 4.78 is 23.2. The molecule has 2 aromatic rings. The van der Waals surface area contributed by atoms with Crippen LogP contribution in [0.5, 0.6) is 11.5 Å². The normalized spacial score (nSPS) is 21.8. The van der Waals surface area contributed by atoms with Crippen molar-refractivity contribution in [3.8, 4) is 11.5 Å². The van der Waals surface area contributed by atoms with Gasteiger partial charge in [-0.15, -0.1) is 0 Å². The van der Waals surface area contributed by atoms with Gasteiger partial charge >= 0.3 is 0 Å². The minimum absolute atomic E-state index is 0.0177. The van der Waals surface area contributed by atoms with Gasteiger partial charge in [-0.05, 0) is 59.1 Å². The molecule has 0 aromatic heterocycles. The molecule has 0 radical (unpaired) electrons. The summed E-state index contributed by atoms with van der Waals surface area (Å²) in [6.45, 7) is 16.2. The highest BCUT2D eigenvalue weighted by atomic mass is 16.6. The Morgan fingerprint density at radius 3 is 1.30 bits per heavy atom. The number of ether oxygens (including phenoxy) is 4. The van der Waals surface area contributed by atoms with Gasteiger partial charge in [0.15, 0.2) is 0 Å². The molecule has 2 atom stereocenters. The number of rotatable bonds is 0. The van der Waals surface area contributed by atoms with Crippen LogP contribution < -0.4 is 0 Å². The second kappa shape index (κ2) is 15.5. The zero-order valence-corrected chi connectivity index (χ0v) is 27.5. The van der Waals surface area contributed by atoms with Crippen LogP contribution in [0.1, 0.15) is 101 Å². The molecule has 0 unspecified atom stereocenters. The van der Waals surface area contributed by atoms with Gasteiger partial charge in [0.2, 0.25) is 0 Å². The van der Waals surface area contributed by atoms with Gasteiger partial charge in [-0.3, -0.25) is 9.98 Å². The van der Waals surface area contributed by atoms with Crippen LogP contribution in [-0.2, 0) is 43.0 Å². The first-order chi connectivity index (χ1) is 20.9. The lowest BCUT2D eigenvalue weighted by atomic mass is 9.84. The van der Waals surface area contributed by atoms with Gasteiger partial charge in [0, 0.05) is 34.7 Å². The van der Waals surface area contributed by atoms with Crippen molar-refractivity contribution in [2.45, 2.75) is 103 Å². The second-order valence-corrected chi connectivity index (χ2v) is 14.0. The summed E-state index contributed by atoms with van der Waals surface area (Å²) in [7, 11) is 0. The quantitative estimate of drug-likeness (QED) is 0.349. The first-order valence-electron chi connectivity index (χ1n) is 16.0. The number of aromatic hydroxyl groups is 2. The van der Waals surface area contributed by atoms with Crippen molar-refractivity contribution in [1.82, 2.24) is 0 Å². The first kappa shape index (κ1) is 34.1. The number of hydrogen-bond acceptors (Lipinski definition) is 8. The average molecular weight is 609 g/mol. The number of aliphatic imine (C=N–C) groups is 2. The molecule has 0 amide bonds. The van der Waals surface area contributed by atoms with Gasteiger partial charge in [-0.25, -0.2) is 0 Å². The number of hydrogen-bond donors (Lipinski definition) is 2. The predicted octanol–water partition coefficient (Wildman–Crippen LogP) is 6.62. The number of nitrogens with zero attached hydrogens (tertiary/aromatic N) is 2. The third kappa shape index (κ3) is 9.61. The van der Waals surface area contributed by atoms with Crippen molar-refractivity contribution in [3.05, 3.63) is 57.6 Å². The third-order valence-corrected chi connectivity index (χ3v) is 8.17. The van der Waals surface area contributed by atoms with Gasteiger partial charge in [-0.2, -0.15) is 0 Å². The highest BCUT2D eigenvalue weighted by Gasteiger charge is 2.26. The molecule has 1 aliphatic heterocycles. The SMILES string of the molecule is CC(C)(C)c1cc2cc(c1O)C=N[C@@H]1CCCC[C@H]1N=Cc1cc(cc(C(C)(C)C)c1O)COCCOCCOCCOC2. The molecular formula is C36H52N2O6. The molecule has 4 rings (SSSR count). The molecule has 1 fully saturated rings. The Morgan fingerprint density at radius 1 is 0.568 bits per heavy atom. The fourth-order valence-electron chi connectivity index (χ4n) is 5.67. The summed E-state index contributed by atoms with van der Waals surface area (Å²) in [4.78, 5) is 9.98. The molecule has 1 saturated carbocycles. The van der Waals surface area contributed by atoms with E-state index in [9.17, 15) is 10.2 Å². The fourth-order valence-corrected chi connectivity index (χ4v) is 5.67. The topological polar surface area (TPSA) is 102 Å². The molecule has 8 heteroatoms. The molecule has 0 saturated heterocycles. The Bertz CT molecular complexity index is 1190. The summed E-state index contributed by atoms with van der Waals surface area (Å²) in [6, 6.07) is 7.93. The van der Waals surface area contributed by atoms with Gasteiger partial charge < -0.3 is 29.2 Å². The van der Waals surface area contributed by atoms with E-state index >= 15 is 0 Å². The summed E-state index contributed by atoms with van der Waals surface area (Å²) in [5, 5.41) is 22.5. The van der Waals surface area contributed by atoms with E-state index in [2.05, 4.69) is 41.5 Å². The molecular weight excluding hydrogens is 556 g/mol. The largest absolute Gasteiger partial charge is 0.507 e. The Balaban J connectivity index is 1.67. The predicted molar refractivity (Wildman–Crippen MR) is 176 cm³/mol. The summed E-state index contributed by atoms with van der Waals surface area (Å²) in [5.74, 6) is 0.508. The lowest BCUT2D eigenvalue weighted by molar-refractivity contribution is -0.00621. The first-order valence-corrected chi connectivity index (χ1v) is 16.0. The summed E-state index contributed by atoms with van der Waals surface area (Å²) in [5.41, 5.74) is 4.56. The minimum atomic E-state index is -0.250. The Kier molecular flexibility index (Phi) is 12.0. The van der Waals surface area contributed by atoms with Crippen LogP contribution in [0.15, 0.2) is 34.3 Å². The van der Waals surface area contributed by atoms with E-state index in [1.807, 2.05) is 24.3 Å². The maximum Gasteiger partial charge on any atom is 0.128 e. The molecule has 0 spiro atoms. The third-order valence-electron chi connectivity index (χ3n) is 8.17. The Hall–Kier alpha value is -2.78. The van der Waals surface area contributed by atoms with Crippen LogP contribution in [0.4, 0.5) is 0 Å². The van der Waals surface area contributed by atoms with Crippen LogP contribution in [0.3, 0.4) is 0 Å². The van der Waals surface area contributed by atoms with E-state index in [0.717, 1.165) is 47.9 Å². The number of benzene rings is 2. The van der Waals surface area contributed by atoms with E-state index in [0.29, 0.717) is 64.0 Å². The van der Waals surface area contributed by atoms with E-state index in [-0.39, 0.29) is 34.4 Å². The Morgan fingerprint density at radius 2 is 0.932 bits per heavy atom. The van der Waals surface area contributed by atoms with Gasteiger partial charge in [-0.1, -0.05) is 54.4 Å². The van der Waals surface area contributed by atoms with Crippen molar-refractivity contribution >= 4 is 12.4 Å². The van der Waals surface area contributed by atoms with Crippen molar-refractivity contribution in [1.29, 1.82) is 0 Å². The molecule has 1 aliphatic carbocycles. The van der Waals surface area contributed by atoms with E-state index < -0.39 is 0 Å². The summed E-state index contributed by atoms with van der Waals surface area (Å²) in [6.07, 6.45) is 7.62. The van der Waals surface area contributed by atoms with Crippen molar-refractivity contribution < 1.29 is 29.2 Å². The monoisotopic (exact) mass is 608 g/mol. The zero-order chi connectivity index (χ0) is 31.7. The summed E-state index contributed by atoms with van der Waals surface area (Å²) >= 11 is 0. The smallest absolute Gasteiger partial charge is 0.128 e. The van der Waals surface area contributed by atoms with E-state index in [1.54, 1.807) is 12.4 Å². The average Bonchev–Trinajstić information content (AvgIpc) is 2.96. The van der Waals surface area contributed by atoms with Crippen LogP contribution >= 0.6 is 0 Å². The molecule has 8 nitrogen and oxygen atoms in total. The molecule has 1 heterocycles. The molecule has 2 N–H and O–H groups in total. The van der Waals surface area contributed by atoms with Gasteiger partial charge in [0.25, 0.3) is 0 Å². The maximum absolute atomic E-state index is 11.3. The number of fused-ring (bicyclic) bond motifs is 5. The van der Waals surface area contributed by atoms with Gasteiger partial charge in [0.1, 0.15) is 11.5 Å². The zero-order valence-electron chi connectivity index (χ0n) is 27.5. The molecule has 4 bridgehead atoms. The molecule has 44 heavy (non-hydrogen) atoms. The fraction of sp³-hybridized carbons (Fsp3) is 0.611. The Labute approximate surface area is 263 Å². The highest BCUT2D eigenvalue weighted by Crippen LogP contribution is 2.36. The second-order valence-electron chi connectivity index (χ2n) is 14.0. The van der Waals surface area contributed by atoms with Gasteiger partial charge in [0.05, 0.1) is 64.9 Å². The molecule has 242 valence electrons. The molecule has 2 aromatic carbocycles. The number of phenols is 2. The van der Waals surface area contributed by atoms with Crippen LogP contribution in [0.25, 0.3) is 0 Å². The van der Waals surface area contributed by atoms with Crippen LogP contribution in [0, 0.1) is 0 Å². The van der Waals surface area contributed by atoms with E-state index in [4.69, 9.17) is 28.9 Å². The minimum Gasteiger partial charge on any atom is -0.507 e.